The minimum atomic E-state index is 0.267. The van der Waals surface area contributed by atoms with Gasteiger partial charge in [0.15, 0.2) is 0 Å². The summed E-state index contributed by atoms with van der Waals surface area (Å²) in [7, 11) is 1.87. The van der Waals surface area contributed by atoms with Gasteiger partial charge in [0.05, 0.1) is 0 Å². The Kier molecular flexibility index (Phi) is 1.74. The van der Waals surface area contributed by atoms with Gasteiger partial charge in [-0.2, -0.15) is 0 Å². The van der Waals surface area contributed by atoms with E-state index in [1.165, 1.54) is 6.42 Å². The van der Waals surface area contributed by atoms with Gasteiger partial charge in [-0.3, -0.25) is 4.79 Å². The highest BCUT2D eigenvalue weighted by Gasteiger charge is 2.21. The first-order valence-electron chi connectivity index (χ1n) is 3.47. The number of hydrogen-bond acceptors (Lipinski definition) is 1. The maximum absolute atomic E-state index is 11.1. The molecule has 2 heteroatoms. The van der Waals surface area contributed by atoms with Crippen molar-refractivity contribution < 1.29 is 4.79 Å². The highest BCUT2D eigenvalue weighted by atomic mass is 16.2. The normalized spacial score (nSPS) is 28.9. The van der Waals surface area contributed by atoms with Crippen LogP contribution in [0.25, 0.3) is 0 Å². The van der Waals surface area contributed by atoms with E-state index in [4.69, 9.17) is 0 Å². The van der Waals surface area contributed by atoms with Crippen LogP contribution in [0.3, 0.4) is 0 Å². The second kappa shape index (κ2) is 2.38. The molecule has 0 aliphatic carbocycles. The van der Waals surface area contributed by atoms with Crippen LogP contribution in [0.2, 0.25) is 0 Å². The lowest BCUT2D eigenvalue weighted by molar-refractivity contribution is -0.136. The quantitative estimate of drug-likeness (QED) is 0.473. The molecular formula is C7H13NO. The molecule has 52 valence electrons. The van der Waals surface area contributed by atoms with Crippen LogP contribution in [0.5, 0.6) is 0 Å². The fourth-order valence-corrected chi connectivity index (χ4v) is 1.24. The third-order valence-electron chi connectivity index (χ3n) is 1.93. The highest BCUT2D eigenvalue weighted by Crippen LogP contribution is 2.14. The minimum Gasteiger partial charge on any atom is -0.346 e. The smallest absolute Gasteiger partial charge is 0.225 e. The summed E-state index contributed by atoms with van der Waals surface area (Å²) in [5, 5.41) is 0. The average molecular weight is 127 g/mol. The molecule has 9 heavy (non-hydrogen) atoms. The summed E-state index contributed by atoms with van der Waals surface area (Å²) in [5.74, 6) is 0.574. The van der Waals surface area contributed by atoms with Crippen molar-refractivity contribution in [3.63, 3.8) is 0 Å². The van der Waals surface area contributed by atoms with E-state index in [1.54, 1.807) is 0 Å². The lowest BCUT2D eigenvalue weighted by Gasteiger charge is -2.26. The molecule has 0 saturated carbocycles. The van der Waals surface area contributed by atoms with Gasteiger partial charge < -0.3 is 4.90 Å². The topological polar surface area (TPSA) is 20.3 Å². The van der Waals surface area contributed by atoms with E-state index in [-0.39, 0.29) is 5.92 Å². The average Bonchev–Trinajstić information content (AvgIpc) is 1.83. The van der Waals surface area contributed by atoms with Gasteiger partial charge in [0.25, 0.3) is 0 Å². The Hall–Kier alpha value is -0.530. The monoisotopic (exact) mass is 127 g/mol. The number of nitrogens with zero attached hydrogens (tertiary/aromatic N) is 1. The Morgan fingerprint density at radius 3 is 2.78 bits per heavy atom. The van der Waals surface area contributed by atoms with Crippen molar-refractivity contribution in [2.45, 2.75) is 19.8 Å². The molecule has 1 saturated heterocycles. The van der Waals surface area contributed by atoms with Crippen LogP contribution in [-0.4, -0.2) is 24.4 Å². The third-order valence-corrected chi connectivity index (χ3v) is 1.93. The van der Waals surface area contributed by atoms with Gasteiger partial charge in [0, 0.05) is 19.5 Å². The van der Waals surface area contributed by atoms with Gasteiger partial charge in [-0.05, 0) is 12.8 Å². The van der Waals surface area contributed by atoms with Gasteiger partial charge in [0.2, 0.25) is 5.91 Å². The standard InChI is InChI=1S/C7H13NO/c1-6-4-3-5-8(2)7(6)9/h6H,3-5H2,1-2H3. The SMILES string of the molecule is CC1CCCN(C)C1=O. The molecule has 1 aliphatic rings. The van der Waals surface area contributed by atoms with Crippen molar-refractivity contribution in [2.24, 2.45) is 5.92 Å². The molecular weight excluding hydrogens is 114 g/mol. The van der Waals surface area contributed by atoms with E-state index in [1.807, 2.05) is 18.9 Å². The van der Waals surface area contributed by atoms with Crippen molar-refractivity contribution in [3.05, 3.63) is 0 Å². The Bertz CT molecular complexity index is 110. The van der Waals surface area contributed by atoms with Gasteiger partial charge in [-0.25, -0.2) is 0 Å². The maximum Gasteiger partial charge on any atom is 0.225 e. The van der Waals surface area contributed by atoms with Crippen molar-refractivity contribution in [3.8, 4) is 0 Å². The number of piperidine rings is 1. The van der Waals surface area contributed by atoms with Crippen LogP contribution in [-0.2, 0) is 4.79 Å². The number of carbonyl (C=O) groups excluding carboxylic acids is 1. The lowest BCUT2D eigenvalue weighted by Crippen LogP contribution is -2.36. The minimum absolute atomic E-state index is 0.267. The lowest BCUT2D eigenvalue weighted by atomic mass is 10.0. The molecule has 1 heterocycles. The maximum atomic E-state index is 11.1. The molecule has 0 radical (unpaired) electrons. The number of hydrogen-bond donors (Lipinski definition) is 0. The fourth-order valence-electron chi connectivity index (χ4n) is 1.24. The third kappa shape index (κ3) is 1.23. The number of likely N-dealkylation sites (tertiary alicyclic amines) is 1. The molecule has 0 bridgehead atoms. The van der Waals surface area contributed by atoms with Gasteiger partial charge >= 0.3 is 0 Å². The van der Waals surface area contributed by atoms with E-state index in [9.17, 15) is 4.79 Å². The molecule has 1 atom stereocenters. The number of rotatable bonds is 0. The molecule has 1 aliphatic heterocycles. The van der Waals surface area contributed by atoms with Gasteiger partial charge in [0.1, 0.15) is 0 Å². The summed E-state index contributed by atoms with van der Waals surface area (Å²) in [6.07, 6.45) is 2.24. The van der Waals surface area contributed by atoms with E-state index < -0.39 is 0 Å². The fraction of sp³-hybridized carbons (Fsp3) is 0.857. The molecule has 1 amide bonds. The van der Waals surface area contributed by atoms with Crippen LogP contribution in [0.4, 0.5) is 0 Å². The van der Waals surface area contributed by atoms with E-state index in [2.05, 4.69) is 0 Å². The zero-order chi connectivity index (χ0) is 6.85. The van der Waals surface area contributed by atoms with Crippen molar-refractivity contribution in [1.82, 2.24) is 4.90 Å². The highest BCUT2D eigenvalue weighted by molar-refractivity contribution is 5.78. The predicted molar refractivity (Wildman–Crippen MR) is 36.0 cm³/mol. The summed E-state index contributed by atoms with van der Waals surface area (Å²) < 4.78 is 0. The Morgan fingerprint density at radius 2 is 2.33 bits per heavy atom. The van der Waals surface area contributed by atoms with E-state index in [0.717, 1.165) is 13.0 Å². The van der Waals surface area contributed by atoms with Crippen LogP contribution < -0.4 is 0 Å². The van der Waals surface area contributed by atoms with Gasteiger partial charge in [-0.1, -0.05) is 6.92 Å². The molecule has 1 fully saturated rings. The molecule has 0 N–H and O–H groups in total. The van der Waals surface area contributed by atoms with Crippen LogP contribution in [0, 0.1) is 5.92 Å². The second-order valence-electron chi connectivity index (χ2n) is 2.80. The van der Waals surface area contributed by atoms with Crippen molar-refractivity contribution in [2.75, 3.05) is 13.6 Å². The molecule has 0 aromatic heterocycles. The molecule has 1 rings (SSSR count). The van der Waals surface area contributed by atoms with E-state index >= 15 is 0 Å². The Morgan fingerprint density at radius 1 is 1.67 bits per heavy atom. The van der Waals surface area contributed by atoms with Crippen LogP contribution in [0.15, 0.2) is 0 Å². The van der Waals surface area contributed by atoms with Crippen LogP contribution >= 0.6 is 0 Å². The number of amides is 1. The molecule has 1 unspecified atom stereocenters. The van der Waals surface area contributed by atoms with Crippen molar-refractivity contribution in [1.29, 1.82) is 0 Å². The summed E-state index contributed by atoms with van der Waals surface area (Å²) in [6, 6.07) is 0. The summed E-state index contributed by atoms with van der Waals surface area (Å²) in [5.41, 5.74) is 0. The first-order chi connectivity index (χ1) is 4.22. The number of carbonyl (C=O) groups is 1. The predicted octanol–water partition coefficient (Wildman–Crippen LogP) is 0.875. The second-order valence-corrected chi connectivity index (χ2v) is 2.80. The first kappa shape index (κ1) is 6.59. The van der Waals surface area contributed by atoms with Gasteiger partial charge in [-0.15, -0.1) is 0 Å². The van der Waals surface area contributed by atoms with Crippen molar-refractivity contribution >= 4 is 5.91 Å². The van der Waals surface area contributed by atoms with Crippen LogP contribution in [0.1, 0.15) is 19.8 Å². The Labute approximate surface area is 55.8 Å². The largest absolute Gasteiger partial charge is 0.346 e. The molecule has 0 aromatic rings. The molecule has 2 nitrogen and oxygen atoms in total. The first-order valence-corrected chi connectivity index (χ1v) is 3.47. The summed E-state index contributed by atoms with van der Waals surface area (Å²) in [4.78, 5) is 12.9. The molecule has 0 spiro atoms. The van der Waals surface area contributed by atoms with E-state index in [0.29, 0.717) is 5.91 Å². The summed E-state index contributed by atoms with van der Waals surface area (Å²) >= 11 is 0. The zero-order valence-electron chi connectivity index (χ0n) is 6.05. The Balaban J connectivity index is 2.52. The zero-order valence-corrected chi connectivity index (χ0v) is 6.05. The molecule has 0 aromatic carbocycles. The summed E-state index contributed by atoms with van der Waals surface area (Å²) in [6.45, 7) is 2.95.